The van der Waals surface area contributed by atoms with Crippen LogP contribution in [0.2, 0.25) is 5.02 Å². The Hall–Kier alpha value is -2.53. The van der Waals surface area contributed by atoms with Gasteiger partial charge in [0.25, 0.3) is 0 Å². The van der Waals surface area contributed by atoms with Crippen LogP contribution >= 0.6 is 11.6 Å². The first kappa shape index (κ1) is 16.8. The second-order valence-corrected chi connectivity index (χ2v) is 5.02. The van der Waals surface area contributed by atoms with Crippen molar-refractivity contribution in [3.8, 4) is 11.5 Å². The molecule has 2 aromatic carbocycles. The highest BCUT2D eigenvalue weighted by atomic mass is 35.5. The molecule has 0 aliphatic rings. The molecule has 5 nitrogen and oxygen atoms in total. The van der Waals surface area contributed by atoms with Crippen molar-refractivity contribution in [3.05, 3.63) is 59.1 Å². The zero-order chi connectivity index (χ0) is 16.7. The molecule has 6 heteroatoms. The lowest BCUT2D eigenvalue weighted by molar-refractivity contribution is -0.123. The van der Waals surface area contributed by atoms with Crippen LogP contribution in [-0.2, 0) is 9.53 Å². The van der Waals surface area contributed by atoms with Crippen molar-refractivity contribution >= 4 is 23.4 Å². The predicted molar refractivity (Wildman–Crippen MR) is 85.2 cm³/mol. The summed E-state index contributed by atoms with van der Waals surface area (Å²) in [7, 11) is 1.31. The van der Waals surface area contributed by atoms with Crippen LogP contribution in [0.5, 0.6) is 11.5 Å². The van der Waals surface area contributed by atoms with Crippen molar-refractivity contribution in [2.24, 2.45) is 0 Å². The van der Waals surface area contributed by atoms with E-state index in [4.69, 9.17) is 21.1 Å². The Balaban J connectivity index is 1.77. The molecule has 23 heavy (non-hydrogen) atoms. The van der Waals surface area contributed by atoms with Crippen LogP contribution < -0.4 is 9.47 Å². The van der Waals surface area contributed by atoms with E-state index in [1.807, 2.05) is 0 Å². The summed E-state index contributed by atoms with van der Waals surface area (Å²) in [6.07, 6.45) is 0. The van der Waals surface area contributed by atoms with Crippen LogP contribution in [0.3, 0.4) is 0 Å². The average Bonchev–Trinajstić information content (AvgIpc) is 2.59. The third kappa shape index (κ3) is 5.30. The molecule has 0 fully saturated rings. The molecule has 0 aromatic heterocycles. The molecule has 120 valence electrons. The van der Waals surface area contributed by atoms with Crippen LogP contribution in [0, 0.1) is 0 Å². The van der Waals surface area contributed by atoms with E-state index >= 15 is 0 Å². The maximum absolute atomic E-state index is 11.7. The van der Waals surface area contributed by atoms with Gasteiger partial charge in [-0.15, -0.1) is 0 Å². The van der Waals surface area contributed by atoms with Crippen LogP contribution in [-0.4, -0.2) is 32.1 Å². The van der Waals surface area contributed by atoms with Crippen LogP contribution in [0.15, 0.2) is 48.5 Å². The molecule has 0 heterocycles. The maximum atomic E-state index is 11.7. The van der Waals surface area contributed by atoms with E-state index in [0.717, 1.165) is 0 Å². The molecular formula is C17H15ClO5. The number of rotatable bonds is 7. The molecular weight excluding hydrogens is 320 g/mol. The molecule has 0 amide bonds. The first-order chi connectivity index (χ1) is 11.1. The van der Waals surface area contributed by atoms with Gasteiger partial charge in [0.15, 0.2) is 0 Å². The Kier molecular flexibility index (Phi) is 6.00. The van der Waals surface area contributed by atoms with E-state index in [0.29, 0.717) is 22.1 Å². The zero-order valence-electron chi connectivity index (χ0n) is 12.5. The number of methoxy groups -OCH3 is 1. The van der Waals surface area contributed by atoms with Crippen molar-refractivity contribution in [2.45, 2.75) is 0 Å². The molecule has 0 N–H and O–H groups in total. The van der Waals surface area contributed by atoms with Gasteiger partial charge in [-0.25, -0.2) is 4.79 Å². The average molecular weight is 335 g/mol. The monoisotopic (exact) mass is 334 g/mol. The molecule has 0 aliphatic carbocycles. The maximum Gasteiger partial charge on any atom is 0.337 e. The lowest BCUT2D eigenvalue weighted by atomic mass is 10.2. The number of carbonyl (C=O) groups excluding carboxylic acids is 2. The number of carbonyl (C=O) groups is 2. The fourth-order valence-corrected chi connectivity index (χ4v) is 1.83. The number of ketones is 1. The summed E-state index contributed by atoms with van der Waals surface area (Å²) < 4.78 is 15.3. The van der Waals surface area contributed by atoms with Gasteiger partial charge in [0.2, 0.25) is 5.78 Å². The van der Waals surface area contributed by atoms with Gasteiger partial charge in [0.05, 0.1) is 12.7 Å². The first-order valence-electron chi connectivity index (χ1n) is 6.80. The molecule has 0 aliphatic heterocycles. The summed E-state index contributed by atoms with van der Waals surface area (Å²) in [6, 6.07) is 13.1. The van der Waals surface area contributed by atoms with Crippen molar-refractivity contribution in [2.75, 3.05) is 20.3 Å². The van der Waals surface area contributed by atoms with E-state index < -0.39 is 5.97 Å². The Labute approximate surface area is 138 Å². The molecule has 0 bridgehead atoms. The molecule has 2 rings (SSSR count). The fraction of sp³-hybridized carbons (Fsp3) is 0.176. The molecule has 0 atom stereocenters. The third-order valence-corrected chi connectivity index (χ3v) is 3.14. The van der Waals surface area contributed by atoms with Crippen LogP contribution in [0.4, 0.5) is 0 Å². The van der Waals surface area contributed by atoms with Crippen molar-refractivity contribution in [1.82, 2.24) is 0 Å². The van der Waals surface area contributed by atoms with Crippen molar-refractivity contribution < 1.29 is 23.8 Å². The Morgan fingerprint density at radius 2 is 1.35 bits per heavy atom. The van der Waals surface area contributed by atoms with Gasteiger partial charge in [-0.2, -0.15) is 0 Å². The molecule has 0 spiro atoms. The third-order valence-electron chi connectivity index (χ3n) is 2.89. The molecule has 0 saturated heterocycles. The second-order valence-electron chi connectivity index (χ2n) is 4.59. The van der Waals surface area contributed by atoms with E-state index in [9.17, 15) is 9.59 Å². The number of esters is 1. The van der Waals surface area contributed by atoms with Gasteiger partial charge in [0.1, 0.15) is 24.7 Å². The fourth-order valence-electron chi connectivity index (χ4n) is 1.71. The molecule has 2 aromatic rings. The van der Waals surface area contributed by atoms with E-state index in [1.54, 1.807) is 48.5 Å². The Bertz CT molecular complexity index is 664. The van der Waals surface area contributed by atoms with Gasteiger partial charge < -0.3 is 14.2 Å². The smallest absolute Gasteiger partial charge is 0.337 e. The quantitative estimate of drug-likeness (QED) is 0.728. The van der Waals surface area contributed by atoms with E-state index in [2.05, 4.69) is 4.74 Å². The summed E-state index contributed by atoms with van der Waals surface area (Å²) in [5.41, 5.74) is 0.414. The zero-order valence-corrected chi connectivity index (χ0v) is 13.2. The first-order valence-corrected chi connectivity index (χ1v) is 7.17. The topological polar surface area (TPSA) is 61.8 Å². The van der Waals surface area contributed by atoms with Gasteiger partial charge in [-0.1, -0.05) is 11.6 Å². The van der Waals surface area contributed by atoms with Gasteiger partial charge >= 0.3 is 5.97 Å². The van der Waals surface area contributed by atoms with Gasteiger partial charge in [-0.05, 0) is 48.5 Å². The molecule has 0 unspecified atom stereocenters. The number of benzene rings is 2. The summed E-state index contributed by atoms with van der Waals surface area (Å²) in [5.74, 6) is 0.406. The highest BCUT2D eigenvalue weighted by Crippen LogP contribution is 2.16. The number of ether oxygens (including phenoxy) is 3. The lowest BCUT2D eigenvalue weighted by Gasteiger charge is -2.08. The summed E-state index contributed by atoms with van der Waals surface area (Å²) in [4.78, 5) is 23.0. The lowest BCUT2D eigenvalue weighted by Crippen LogP contribution is -2.19. The normalized spacial score (nSPS) is 10.0. The van der Waals surface area contributed by atoms with Gasteiger partial charge in [-0.3, -0.25) is 4.79 Å². The summed E-state index contributed by atoms with van der Waals surface area (Å²) in [5, 5.41) is 0.599. The van der Waals surface area contributed by atoms with Crippen molar-refractivity contribution in [1.29, 1.82) is 0 Å². The molecule has 0 radical (unpaired) electrons. The minimum Gasteiger partial charge on any atom is -0.486 e. The predicted octanol–water partition coefficient (Wildman–Crippen LogP) is 3.15. The minimum absolute atomic E-state index is 0.0954. The highest BCUT2D eigenvalue weighted by molar-refractivity contribution is 6.30. The van der Waals surface area contributed by atoms with E-state index in [-0.39, 0.29) is 19.0 Å². The SMILES string of the molecule is COC(=O)c1ccc(OCC(=O)COc2ccc(Cl)cc2)cc1. The van der Waals surface area contributed by atoms with Crippen LogP contribution in [0.25, 0.3) is 0 Å². The van der Waals surface area contributed by atoms with Crippen LogP contribution in [0.1, 0.15) is 10.4 Å². The second kappa shape index (κ2) is 8.19. The Morgan fingerprint density at radius 3 is 1.83 bits per heavy atom. The number of hydrogen-bond donors (Lipinski definition) is 0. The standard InChI is InChI=1S/C17H15ClO5/c1-21-17(20)12-2-6-15(7-3-12)22-10-14(19)11-23-16-8-4-13(18)5-9-16/h2-9H,10-11H2,1H3. The Morgan fingerprint density at radius 1 is 0.870 bits per heavy atom. The number of halogens is 1. The summed E-state index contributed by atoms with van der Waals surface area (Å²) >= 11 is 5.76. The highest BCUT2D eigenvalue weighted by Gasteiger charge is 2.07. The van der Waals surface area contributed by atoms with E-state index in [1.165, 1.54) is 7.11 Å². The molecule has 0 saturated carbocycles. The minimum atomic E-state index is -0.427. The van der Waals surface area contributed by atoms with Gasteiger partial charge in [0, 0.05) is 5.02 Å². The van der Waals surface area contributed by atoms with Crippen molar-refractivity contribution in [3.63, 3.8) is 0 Å². The number of hydrogen-bond acceptors (Lipinski definition) is 5. The largest absolute Gasteiger partial charge is 0.486 e. The summed E-state index contributed by atoms with van der Waals surface area (Å²) in [6.45, 7) is -0.215. The number of Topliss-reactive ketones (excluding diaryl/α,β-unsaturated/α-hetero) is 1.